The smallest absolute Gasteiger partial charge is 0.431 e. The molecule has 1 rings (SSSR count). The number of sulfonamides is 1. The van der Waals surface area contributed by atoms with Crippen molar-refractivity contribution in [2.75, 3.05) is 0 Å². The molecule has 1 fully saturated rings. The molecule has 80 valence electrons. The van der Waals surface area contributed by atoms with Gasteiger partial charge in [0.15, 0.2) is 0 Å². The second-order valence-corrected chi connectivity index (χ2v) is 4.73. The molecule has 0 bridgehead atoms. The third-order valence-electron chi connectivity index (χ3n) is 1.59. The number of imide groups is 1. The van der Waals surface area contributed by atoms with Gasteiger partial charge in [-0.05, 0) is 12.8 Å². The first-order chi connectivity index (χ1) is 6.34. The first kappa shape index (κ1) is 10.7. The summed E-state index contributed by atoms with van der Waals surface area (Å²) in [7, 11) is -3.78. The predicted octanol–water partition coefficient (Wildman–Crippen LogP) is -0.958. The van der Waals surface area contributed by atoms with Gasteiger partial charge < -0.3 is 10.8 Å². The molecule has 0 atom stereocenters. The standard InChI is InChI=1S/C5H9N3O5S/c6-4(9)8(5(10)11)7-14(12,13)3-1-2-3/h3,7H,1-2H2,(H2,6,9)(H,10,11). The minimum Gasteiger partial charge on any atom is -0.464 e. The fraction of sp³-hybridized carbons (Fsp3) is 0.600. The Kier molecular flexibility index (Phi) is 2.62. The number of urea groups is 1. The van der Waals surface area contributed by atoms with Crippen molar-refractivity contribution in [3.05, 3.63) is 0 Å². The van der Waals surface area contributed by atoms with Gasteiger partial charge in [0.25, 0.3) is 0 Å². The lowest BCUT2D eigenvalue weighted by Crippen LogP contribution is -2.52. The molecule has 0 aliphatic heterocycles. The van der Waals surface area contributed by atoms with E-state index in [1.54, 1.807) is 4.83 Å². The van der Waals surface area contributed by atoms with Crippen LogP contribution in [-0.4, -0.2) is 35.9 Å². The molecule has 8 nitrogen and oxygen atoms in total. The molecular formula is C5H9N3O5S. The maximum Gasteiger partial charge on any atom is 0.431 e. The molecule has 1 aliphatic rings. The van der Waals surface area contributed by atoms with Crippen LogP contribution in [0.1, 0.15) is 12.8 Å². The zero-order valence-electron chi connectivity index (χ0n) is 7.00. The van der Waals surface area contributed by atoms with Gasteiger partial charge in [0.2, 0.25) is 10.0 Å². The monoisotopic (exact) mass is 223 g/mol. The first-order valence-corrected chi connectivity index (χ1v) is 5.23. The van der Waals surface area contributed by atoms with Gasteiger partial charge >= 0.3 is 12.1 Å². The highest BCUT2D eigenvalue weighted by molar-refractivity contribution is 7.90. The Balaban J connectivity index is 2.73. The molecule has 0 aromatic heterocycles. The molecular weight excluding hydrogens is 214 g/mol. The number of nitrogens with zero attached hydrogens (tertiary/aromatic N) is 1. The van der Waals surface area contributed by atoms with E-state index in [0.29, 0.717) is 12.8 Å². The number of primary amides is 1. The lowest BCUT2D eigenvalue weighted by atomic mass is 10.9. The van der Waals surface area contributed by atoms with Crippen LogP contribution in [0.4, 0.5) is 9.59 Å². The summed E-state index contributed by atoms with van der Waals surface area (Å²) >= 11 is 0. The zero-order chi connectivity index (χ0) is 10.9. The largest absolute Gasteiger partial charge is 0.464 e. The lowest BCUT2D eigenvalue weighted by Gasteiger charge is -2.14. The van der Waals surface area contributed by atoms with E-state index in [0.717, 1.165) is 0 Å². The summed E-state index contributed by atoms with van der Waals surface area (Å²) in [4.78, 5) is 22.4. The third-order valence-corrected chi connectivity index (χ3v) is 3.38. The first-order valence-electron chi connectivity index (χ1n) is 3.68. The SMILES string of the molecule is NC(=O)N(NS(=O)(=O)C1CC1)C(=O)O. The van der Waals surface area contributed by atoms with Gasteiger partial charge in [0, 0.05) is 0 Å². The Morgan fingerprint density at radius 2 is 1.93 bits per heavy atom. The highest BCUT2D eigenvalue weighted by Crippen LogP contribution is 2.27. The molecule has 0 aromatic carbocycles. The number of rotatable bonds is 3. The summed E-state index contributed by atoms with van der Waals surface area (Å²) in [5.41, 5.74) is 4.64. The van der Waals surface area contributed by atoms with Gasteiger partial charge in [0.05, 0.1) is 5.25 Å². The van der Waals surface area contributed by atoms with E-state index in [4.69, 9.17) is 5.11 Å². The van der Waals surface area contributed by atoms with Crippen molar-refractivity contribution >= 4 is 22.1 Å². The number of carboxylic acid groups (broad SMARTS) is 1. The maximum atomic E-state index is 11.2. The van der Waals surface area contributed by atoms with Gasteiger partial charge in [-0.3, -0.25) is 0 Å². The molecule has 9 heteroatoms. The molecule has 14 heavy (non-hydrogen) atoms. The topological polar surface area (TPSA) is 130 Å². The second kappa shape index (κ2) is 3.42. The highest BCUT2D eigenvalue weighted by Gasteiger charge is 2.38. The number of amides is 3. The summed E-state index contributed by atoms with van der Waals surface area (Å²) in [6.45, 7) is 0. The molecule has 4 N–H and O–H groups in total. The Morgan fingerprint density at radius 3 is 2.21 bits per heavy atom. The fourth-order valence-corrected chi connectivity index (χ4v) is 2.09. The van der Waals surface area contributed by atoms with Crippen LogP contribution in [0.5, 0.6) is 0 Å². The molecule has 0 unspecified atom stereocenters. The van der Waals surface area contributed by atoms with Crippen LogP contribution in [0.25, 0.3) is 0 Å². The summed E-state index contributed by atoms with van der Waals surface area (Å²) < 4.78 is 22.4. The summed E-state index contributed by atoms with van der Waals surface area (Å²) in [5, 5.41) is 7.63. The number of hydrogen-bond donors (Lipinski definition) is 3. The fourth-order valence-electron chi connectivity index (χ4n) is 0.758. The van der Waals surface area contributed by atoms with Crippen molar-refractivity contribution in [2.24, 2.45) is 5.73 Å². The van der Waals surface area contributed by atoms with Gasteiger partial charge in [0.1, 0.15) is 0 Å². The number of hydrazine groups is 1. The van der Waals surface area contributed by atoms with Crippen LogP contribution < -0.4 is 10.6 Å². The van der Waals surface area contributed by atoms with E-state index in [9.17, 15) is 18.0 Å². The minimum atomic E-state index is -3.78. The quantitative estimate of drug-likeness (QED) is 0.530. The number of hydrogen-bond acceptors (Lipinski definition) is 4. The molecule has 1 aliphatic carbocycles. The molecule has 0 aromatic rings. The average molecular weight is 223 g/mol. The summed E-state index contributed by atoms with van der Waals surface area (Å²) in [5.74, 6) is 0. The lowest BCUT2D eigenvalue weighted by molar-refractivity contribution is 0.144. The Labute approximate surface area is 79.7 Å². The van der Waals surface area contributed by atoms with Gasteiger partial charge in [-0.2, -0.15) is 0 Å². The predicted molar refractivity (Wildman–Crippen MR) is 44.5 cm³/mol. The van der Waals surface area contributed by atoms with Crippen molar-refractivity contribution < 1.29 is 23.1 Å². The van der Waals surface area contributed by atoms with E-state index in [1.807, 2.05) is 0 Å². The Bertz CT molecular complexity index is 346. The molecule has 3 amide bonds. The van der Waals surface area contributed by atoms with E-state index in [-0.39, 0.29) is 5.01 Å². The molecule has 0 saturated heterocycles. The Hall–Kier alpha value is -1.35. The van der Waals surface area contributed by atoms with Gasteiger partial charge in [-0.15, -0.1) is 9.84 Å². The van der Waals surface area contributed by atoms with Crippen LogP contribution in [-0.2, 0) is 10.0 Å². The van der Waals surface area contributed by atoms with Crippen LogP contribution in [0.3, 0.4) is 0 Å². The van der Waals surface area contributed by atoms with Gasteiger partial charge in [-0.1, -0.05) is 0 Å². The molecule has 0 radical (unpaired) electrons. The van der Waals surface area contributed by atoms with Crippen LogP contribution in [0.2, 0.25) is 0 Å². The minimum absolute atomic E-state index is 0.159. The van der Waals surface area contributed by atoms with Crippen molar-refractivity contribution in [3.63, 3.8) is 0 Å². The van der Waals surface area contributed by atoms with Crippen molar-refractivity contribution in [1.29, 1.82) is 0 Å². The van der Waals surface area contributed by atoms with Crippen LogP contribution in [0, 0.1) is 0 Å². The highest BCUT2D eigenvalue weighted by atomic mass is 32.2. The summed E-state index contributed by atoms with van der Waals surface area (Å²) in [6.07, 6.45) is -0.843. The van der Waals surface area contributed by atoms with E-state index in [2.05, 4.69) is 5.73 Å². The van der Waals surface area contributed by atoms with Crippen molar-refractivity contribution in [2.45, 2.75) is 18.1 Å². The van der Waals surface area contributed by atoms with E-state index < -0.39 is 27.4 Å². The average Bonchev–Trinajstić information content (AvgIpc) is 2.80. The second-order valence-electron chi connectivity index (χ2n) is 2.79. The summed E-state index contributed by atoms with van der Waals surface area (Å²) in [6, 6.07) is -1.39. The van der Waals surface area contributed by atoms with Crippen LogP contribution >= 0.6 is 0 Å². The molecule has 0 heterocycles. The number of nitrogens with two attached hydrogens (primary N) is 1. The van der Waals surface area contributed by atoms with E-state index >= 15 is 0 Å². The molecule has 0 spiro atoms. The van der Waals surface area contributed by atoms with Gasteiger partial charge in [-0.25, -0.2) is 18.0 Å². The third kappa shape index (κ3) is 2.33. The number of carbonyl (C=O) groups is 2. The Morgan fingerprint density at radius 1 is 1.43 bits per heavy atom. The normalized spacial score (nSPS) is 16.3. The van der Waals surface area contributed by atoms with Crippen molar-refractivity contribution in [3.8, 4) is 0 Å². The molecule has 1 saturated carbocycles. The maximum absolute atomic E-state index is 11.2. The zero-order valence-corrected chi connectivity index (χ0v) is 7.82. The van der Waals surface area contributed by atoms with Crippen LogP contribution in [0.15, 0.2) is 0 Å². The number of carbonyl (C=O) groups excluding carboxylic acids is 1. The van der Waals surface area contributed by atoms with E-state index in [1.165, 1.54) is 0 Å². The number of nitrogens with one attached hydrogen (secondary N) is 1. The van der Waals surface area contributed by atoms with Crippen molar-refractivity contribution in [1.82, 2.24) is 9.84 Å².